The van der Waals surface area contributed by atoms with E-state index in [1.165, 1.54) is 6.92 Å². The molecule has 0 amide bonds. The highest BCUT2D eigenvalue weighted by atomic mass is 16.5. The van der Waals surface area contributed by atoms with Crippen LogP contribution in [0.4, 0.5) is 0 Å². The van der Waals surface area contributed by atoms with Crippen LogP contribution in [0.2, 0.25) is 0 Å². The summed E-state index contributed by atoms with van der Waals surface area (Å²) in [6, 6.07) is 5.83. The minimum absolute atomic E-state index is 0.0215. The highest BCUT2D eigenvalue weighted by molar-refractivity contribution is 6.02. The van der Waals surface area contributed by atoms with Crippen molar-refractivity contribution in [3.05, 3.63) is 81.4 Å². The monoisotopic (exact) mass is 624 g/mol. The highest BCUT2D eigenvalue weighted by Crippen LogP contribution is 2.42. The van der Waals surface area contributed by atoms with E-state index >= 15 is 0 Å². The van der Waals surface area contributed by atoms with Gasteiger partial charge < -0.3 is 24.5 Å². The highest BCUT2D eigenvalue weighted by Gasteiger charge is 2.35. The first kappa shape index (κ1) is 32.4. The Kier molecular flexibility index (Phi) is 9.01. The van der Waals surface area contributed by atoms with Gasteiger partial charge in [-0.05, 0) is 67.7 Å². The zero-order valence-corrected chi connectivity index (χ0v) is 27.4. The van der Waals surface area contributed by atoms with Gasteiger partial charge in [0, 0.05) is 59.1 Å². The fourth-order valence-electron chi connectivity index (χ4n) is 6.35. The van der Waals surface area contributed by atoms with Crippen molar-refractivity contribution in [2.24, 2.45) is 0 Å². The number of aromatic nitrogens is 4. The lowest BCUT2D eigenvalue weighted by molar-refractivity contribution is -0.150. The van der Waals surface area contributed by atoms with Gasteiger partial charge in [0.05, 0.1) is 34.8 Å². The van der Waals surface area contributed by atoms with E-state index in [0.717, 1.165) is 45.4 Å². The molecular formula is C36H40N4O6. The lowest BCUT2D eigenvalue weighted by Gasteiger charge is -2.19. The smallest absolute Gasteiger partial charge is 0.338 e. The maximum Gasteiger partial charge on any atom is 0.338 e. The predicted octanol–water partition coefficient (Wildman–Crippen LogP) is 7.21. The van der Waals surface area contributed by atoms with E-state index in [1.54, 1.807) is 19.9 Å². The number of esters is 2. The van der Waals surface area contributed by atoms with E-state index < -0.39 is 24.0 Å². The van der Waals surface area contributed by atoms with Crippen molar-refractivity contribution in [3.8, 4) is 0 Å². The van der Waals surface area contributed by atoms with Crippen LogP contribution < -0.4 is 0 Å². The van der Waals surface area contributed by atoms with E-state index in [9.17, 15) is 19.5 Å². The number of aryl methyl sites for hydroxylation is 3. The number of nitrogens with one attached hydrogen (secondary N) is 2. The largest absolute Gasteiger partial charge is 0.478 e. The molecule has 3 N–H and O–H groups in total. The number of carboxylic acids is 1. The van der Waals surface area contributed by atoms with E-state index in [4.69, 9.17) is 19.4 Å². The summed E-state index contributed by atoms with van der Waals surface area (Å²) in [7, 11) is 0. The summed E-state index contributed by atoms with van der Waals surface area (Å²) in [6.07, 6.45) is 2.03. The molecule has 5 heterocycles. The Hall–Kier alpha value is -4.99. The number of rotatable bonds is 8. The zero-order valence-electron chi connectivity index (χ0n) is 27.4. The number of aromatic carboxylic acids is 1. The molecule has 2 unspecified atom stereocenters. The van der Waals surface area contributed by atoms with Crippen molar-refractivity contribution in [3.63, 3.8) is 0 Å². The van der Waals surface area contributed by atoms with Gasteiger partial charge in [0.15, 0.2) is 6.10 Å². The molecule has 0 radical (unpaired) electrons. The Balaban J connectivity index is 2.02. The van der Waals surface area contributed by atoms with Crippen LogP contribution in [0.15, 0.2) is 30.9 Å². The Morgan fingerprint density at radius 1 is 0.978 bits per heavy atom. The van der Waals surface area contributed by atoms with Crippen LogP contribution in [0.25, 0.3) is 33.2 Å². The number of allylic oxidation sites excluding steroid dienone is 3. The topological polar surface area (TPSA) is 147 Å². The average molecular weight is 625 g/mol. The second-order valence-electron chi connectivity index (χ2n) is 11.7. The first-order chi connectivity index (χ1) is 21.9. The summed E-state index contributed by atoms with van der Waals surface area (Å²) < 4.78 is 11.3. The van der Waals surface area contributed by atoms with E-state index in [1.807, 2.05) is 32.0 Å². The Morgan fingerprint density at radius 2 is 1.70 bits per heavy atom. The fourth-order valence-corrected chi connectivity index (χ4v) is 6.35. The molecular weight excluding hydrogens is 584 g/mol. The van der Waals surface area contributed by atoms with Gasteiger partial charge in [0.1, 0.15) is 0 Å². The summed E-state index contributed by atoms with van der Waals surface area (Å²) in [6.45, 7) is 16.9. The Bertz CT molecular complexity index is 1980. The second-order valence-corrected chi connectivity index (χ2v) is 11.7. The van der Waals surface area contributed by atoms with Crippen LogP contribution in [-0.2, 0) is 31.9 Å². The number of fused-ring (bicyclic) bond motifs is 8. The molecule has 8 bridgehead atoms. The maximum atomic E-state index is 12.9. The van der Waals surface area contributed by atoms with Crippen LogP contribution in [0, 0.1) is 13.8 Å². The lowest BCUT2D eigenvalue weighted by atomic mass is 9.96. The Morgan fingerprint density at radius 3 is 2.33 bits per heavy atom. The molecule has 3 aromatic heterocycles. The van der Waals surface area contributed by atoms with E-state index in [0.29, 0.717) is 39.2 Å². The predicted molar refractivity (Wildman–Crippen MR) is 177 cm³/mol. The van der Waals surface area contributed by atoms with Crippen LogP contribution in [0.3, 0.4) is 0 Å². The standard InChI is InChI=1S/C36H40N4O6/c1-9-22-17(4)25-14-28-20(7)35(46-31(42)11-3)34(40-28)24(12-13-45-21(8)41)33-32(36(43)44)19(6)27(39-33)16-30-23(10-2)18(5)26(38-30)15-29(22)37-25/h9,14-16,20,35,38-39H,1,10-13H2,2-8H3,(H,43,44). The van der Waals surface area contributed by atoms with Crippen molar-refractivity contribution < 1.29 is 29.0 Å². The molecule has 10 heteroatoms. The summed E-state index contributed by atoms with van der Waals surface area (Å²) in [5.41, 5.74) is 10.3. The van der Waals surface area contributed by atoms with Crippen molar-refractivity contribution >= 4 is 51.1 Å². The van der Waals surface area contributed by atoms with Crippen LogP contribution in [0.5, 0.6) is 0 Å². The first-order valence-corrected chi connectivity index (χ1v) is 15.6. The number of hydrogen-bond donors (Lipinski definition) is 3. The van der Waals surface area contributed by atoms with Crippen molar-refractivity contribution in [1.82, 2.24) is 19.9 Å². The summed E-state index contributed by atoms with van der Waals surface area (Å²) in [5, 5.41) is 10.5. The van der Waals surface area contributed by atoms with Crippen LogP contribution in [-0.4, -0.2) is 49.6 Å². The third kappa shape index (κ3) is 5.75. The molecule has 5 rings (SSSR count). The number of carbonyl (C=O) groups is 3. The van der Waals surface area contributed by atoms with Gasteiger partial charge in [-0.15, -0.1) is 0 Å². The molecule has 0 spiro atoms. The number of carbonyl (C=O) groups excluding carboxylic acids is 2. The first-order valence-electron chi connectivity index (χ1n) is 15.6. The quantitative estimate of drug-likeness (QED) is 0.223. The van der Waals surface area contributed by atoms with E-state index in [2.05, 4.69) is 30.4 Å². The molecule has 0 aromatic carbocycles. The lowest BCUT2D eigenvalue weighted by Crippen LogP contribution is -2.15. The molecule has 3 aromatic rings. The molecule has 2 aliphatic heterocycles. The van der Waals surface area contributed by atoms with Crippen LogP contribution in [0.1, 0.15) is 108 Å². The Labute approximate surface area is 267 Å². The average Bonchev–Trinajstić information content (AvgIpc) is 3.68. The molecule has 240 valence electrons. The van der Waals surface area contributed by atoms with Crippen molar-refractivity contribution in [2.45, 2.75) is 79.8 Å². The van der Waals surface area contributed by atoms with E-state index in [-0.39, 0.29) is 30.9 Å². The fraction of sp³-hybridized carbons (Fsp3) is 0.361. The molecule has 2 aliphatic rings. The maximum absolute atomic E-state index is 12.9. The van der Waals surface area contributed by atoms with Gasteiger partial charge in [0.2, 0.25) is 0 Å². The molecule has 2 atom stereocenters. The molecule has 10 nitrogen and oxygen atoms in total. The number of carboxylic acid groups (broad SMARTS) is 1. The second kappa shape index (κ2) is 12.8. The summed E-state index contributed by atoms with van der Waals surface area (Å²) in [4.78, 5) is 54.3. The summed E-state index contributed by atoms with van der Waals surface area (Å²) in [5.74, 6) is -2.38. The minimum Gasteiger partial charge on any atom is -0.478 e. The number of hydrogen-bond acceptors (Lipinski definition) is 7. The molecule has 0 fully saturated rings. The minimum atomic E-state index is -1.12. The number of nitrogens with zero attached hydrogens (tertiary/aromatic N) is 2. The third-order valence-corrected chi connectivity index (χ3v) is 8.93. The van der Waals surface area contributed by atoms with Gasteiger partial charge in [-0.2, -0.15) is 0 Å². The normalized spacial score (nSPS) is 16.0. The zero-order chi connectivity index (χ0) is 33.4. The molecule has 46 heavy (non-hydrogen) atoms. The molecule has 0 aliphatic carbocycles. The van der Waals surface area contributed by atoms with Crippen molar-refractivity contribution in [2.75, 3.05) is 6.61 Å². The van der Waals surface area contributed by atoms with Gasteiger partial charge in [0.25, 0.3) is 0 Å². The van der Waals surface area contributed by atoms with Gasteiger partial charge in [-0.25, -0.2) is 9.78 Å². The van der Waals surface area contributed by atoms with Crippen LogP contribution >= 0.6 is 0 Å². The molecule has 0 saturated heterocycles. The summed E-state index contributed by atoms with van der Waals surface area (Å²) >= 11 is 0. The van der Waals surface area contributed by atoms with Gasteiger partial charge in [-0.1, -0.05) is 33.4 Å². The number of aromatic amines is 2. The number of ether oxygens (including phenoxy) is 2. The third-order valence-electron chi connectivity index (χ3n) is 8.93. The van der Waals surface area contributed by atoms with Gasteiger partial charge >= 0.3 is 17.9 Å². The number of H-pyrrole nitrogens is 2. The van der Waals surface area contributed by atoms with Gasteiger partial charge in [-0.3, -0.25) is 14.6 Å². The SMILES string of the molecule is C=CC1=C(C)c2cc3nc(c(CCOC(C)=O)c4[nH]c(cc5[nH]c(cc1n2)c(C)c5CC)c(C)c4C(=O)O)C(OC(=O)CC)C3C. The van der Waals surface area contributed by atoms with Crippen molar-refractivity contribution in [1.29, 1.82) is 0 Å². The molecule has 0 saturated carbocycles.